The molecule has 0 aliphatic rings. The van der Waals surface area contributed by atoms with Crippen LogP contribution in [0.25, 0.3) is 93.6 Å². The molecule has 55 heavy (non-hydrogen) atoms. The molecule has 11 rings (SSSR count). The lowest BCUT2D eigenvalue weighted by atomic mass is 9.96. The molecular formula is C50H29N5. The molecular weight excluding hydrogens is 671 g/mol. The van der Waals surface area contributed by atoms with Gasteiger partial charge in [0.05, 0.1) is 73.4 Å². The van der Waals surface area contributed by atoms with Crippen molar-refractivity contribution < 1.29 is 0 Å². The van der Waals surface area contributed by atoms with Gasteiger partial charge >= 0.3 is 0 Å². The Bertz CT molecular complexity index is 3420. The van der Waals surface area contributed by atoms with Gasteiger partial charge in [-0.1, -0.05) is 109 Å². The predicted molar refractivity (Wildman–Crippen MR) is 224 cm³/mol. The largest absolute Gasteiger partial charge is 0.309 e. The second kappa shape index (κ2) is 11.8. The van der Waals surface area contributed by atoms with E-state index < -0.39 is 0 Å². The lowest BCUT2D eigenvalue weighted by Gasteiger charge is -2.19. The third-order valence-corrected chi connectivity index (χ3v) is 11.1. The van der Waals surface area contributed by atoms with Gasteiger partial charge in [-0.25, -0.2) is 0 Å². The summed E-state index contributed by atoms with van der Waals surface area (Å²) in [5.74, 6) is 0. The first-order valence-corrected chi connectivity index (χ1v) is 18.3. The van der Waals surface area contributed by atoms with Crippen LogP contribution in [-0.4, -0.2) is 13.7 Å². The average Bonchev–Trinajstić information content (AvgIpc) is 3.89. The summed E-state index contributed by atoms with van der Waals surface area (Å²) in [5.41, 5.74) is 12.3. The third-order valence-electron chi connectivity index (χ3n) is 11.1. The zero-order valence-corrected chi connectivity index (χ0v) is 29.5. The Labute approximate surface area is 316 Å². The van der Waals surface area contributed by atoms with Gasteiger partial charge in [0.25, 0.3) is 0 Å². The van der Waals surface area contributed by atoms with Crippen LogP contribution in [0.4, 0.5) is 0 Å². The Morgan fingerprint density at radius 2 is 0.818 bits per heavy atom. The summed E-state index contributed by atoms with van der Waals surface area (Å²) in [6.07, 6.45) is 0. The van der Waals surface area contributed by atoms with Crippen molar-refractivity contribution in [3.05, 3.63) is 187 Å². The van der Waals surface area contributed by atoms with E-state index in [1.165, 1.54) is 10.8 Å². The zero-order chi connectivity index (χ0) is 36.6. The van der Waals surface area contributed by atoms with Gasteiger partial charge in [0.15, 0.2) is 0 Å². The summed E-state index contributed by atoms with van der Waals surface area (Å²) in [6.45, 7) is 0. The van der Waals surface area contributed by atoms with Gasteiger partial charge in [-0.15, -0.1) is 0 Å². The minimum atomic E-state index is 0.569. The standard InChI is InChI=1S/C50H29N5/c51-30-32-27-28-37-36-16-3-8-21-42(36)55(48(37)29-32)45-24-11-13-33(31-52)49(45)38-17-4-9-22-43(38)54-44-23-10-5-18-39(44)50-46(25-12-26-47(50)54)53-40-19-6-1-14-34(40)35-15-2-7-20-41(35)53/h1-29H. The first-order valence-electron chi connectivity index (χ1n) is 18.3. The van der Waals surface area contributed by atoms with Crippen molar-refractivity contribution in [2.24, 2.45) is 0 Å². The van der Waals surface area contributed by atoms with Crippen molar-refractivity contribution in [2.75, 3.05) is 0 Å². The van der Waals surface area contributed by atoms with Crippen molar-refractivity contribution >= 4 is 65.4 Å². The molecule has 0 saturated heterocycles. The number of nitrogens with zero attached hydrogens (tertiary/aromatic N) is 5. The normalized spacial score (nSPS) is 11.6. The highest BCUT2D eigenvalue weighted by Gasteiger charge is 2.24. The second-order valence-electron chi connectivity index (χ2n) is 13.9. The molecule has 0 spiro atoms. The SMILES string of the molecule is N#Cc1ccc2c3ccccc3n(-c3cccc(C#N)c3-c3ccccc3-n3c4ccccc4c4c(-n5c6ccccc6c6ccccc65)cccc43)c2c1. The molecule has 0 N–H and O–H groups in total. The Hall–Kier alpha value is -7.86. The fourth-order valence-electron chi connectivity index (χ4n) is 8.91. The summed E-state index contributed by atoms with van der Waals surface area (Å²) >= 11 is 0. The highest BCUT2D eigenvalue weighted by Crippen LogP contribution is 2.44. The van der Waals surface area contributed by atoms with Gasteiger partial charge in [-0.05, 0) is 66.7 Å². The summed E-state index contributed by atoms with van der Waals surface area (Å²) in [7, 11) is 0. The molecule has 0 aliphatic carbocycles. The first-order chi connectivity index (χ1) is 27.2. The topological polar surface area (TPSA) is 62.4 Å². The van der Waals surface area contributed by atoms with Crippen molar-refractivity contribution in [3.8, 4) is 40.3 Å². The number of rotatable bonds is 4. The van der Waals surface area contributed by atoms with Crippen LogP contribution in [0, 0.1) is 22.7 Å². The number of nitriles is 2. The van der Waals surface area contributed by atoms with Gasteiger partial charge in [0.1, 0.15) is 0 Å². The Morgan fingerprint density at radius 1 is 0.345 bits per heavy atom. The van der Waals surface area contributed by atoms with Gasteiger partial charge in [0, 0.05) is 43.4 Å². The Kier molecular flexibility index (Phi) is 6.61. The van der Waals surface area contributed by atoms with E-state index in [2.05, 4.69) is 153 Å². The number of para-hydroxylation sites is 5. The molecule has 0 bridgehead atoms. The van der Waals surface area contributed by atoms with Crippen LogP contribution >= 0.6 is 0 Å². The predicted octanol–water partition coefficient (Wildman–Crippen LogP) is 12.4. The van der Waals surface area contributed by atoms with Crippen LogP contribution < -0.4 is 0 Å². The molecule has 0 atom stereocenters. The minimum absolute atomic E-state index is 0.569. The van der Waals surface area contributed by atoms with Gasteiger partial charge in [-0.3, -0.25) is 0 Å². The smallest absolute Gasteiger partial charge is 0.0998 e. The van der Waals surface area contributed by atoms with Crippen LogP contribution in [0.1, 0.15) is 11.1 Å². The quantitative estimate of drug-likeness (QED) is 0.184. The maximum atomic E-state index is 10.8. The zero-order valence-electron chi connectivity index (χ0n) is 29.5. The summed E-state index contributed by atoms with van der Waals surface area (Å²) in [6, 6.07) is 65.9. The van der Waals surface area contributed by atoms with E-state index in [-0.39, 0.29) is 0 Å². The second-order valence-corrected chi connectivity index (χ2v) is 13.9. The first kappa shape index (κ1) is 30.7. The molecule has 3 heterocycles. The van der Waals surface area contributed by atoms with Crippen LogP contribution in [0.3, 0.4) is 0 Å². The number of fused-ring (bicyclic) bond motifs is 9. The maximum absolute atomic E-state index is 10.8. The summed E-state index contributed by atoms with van der Waals surface area (Å²) in [4.78, 5) is 0. The van der Waals surface area contributed by atoms with E-state index in [4.69, 9.17) is 0 Å². The highest BCUT2D eigenvalue weighted by molar-refractivity contribution is 6.17. The highest BCUT2D eigenvalue weighted by atomic mass is 15.0. The maximum Gasteiger partial charge on any atom is 0.0998 e. The fraction of sp³-hybridized carbons (Fsp3) is 0. The molecule has 0 saturated carbocycles. The molecule has 0 unspecified atom stereocenters. The lowest BCUT2D eigenvalue weighted by molar-refractivity contribution is 1.15. The van der Waals surface area contributed by atoms with Crippen LogP contribution in [-0.2, 0) is 0 Å². The van der Waals surface area contributed by atoms with Crippen molar-refractivity contribution in [3.63, 3.8) is 0 Å². The lowest BCUT2D eigenvalue weighted by Crippen LogP contribution is -2.03. The third kappa shape index (κ3) is 4.33. The summed E-state index contributed by atoms with van der Waals surface area (Å²) < 4.78 is 6.97. The van der Waals surface area contributed by atoms with E-state index in [9.17, 15) is 10.5 Å². The molecule has 3 aromatic heterocycles. The summed E-state index contributed by atoms with van der Waals surface area (Å²) in [5, 5.41) is 27.6. The fourth-order valence-corrected chi connectivity index (χ4v) is 8.91. The van der Waals surface area contributed by atoms with Gasteiger partial charge < -0.3 is 13.7 Å². The number of hydrogen-bond acceptors (Lipinski definition) is 2. The molecule has 5 nitrogen and oxygen atoms in total. The van der Waals surface area contributed by atoms with Crippen LogP contribution in [0.15, 0.2) is 176 Å². The van der Waals surface area contributed by atoms with E-state index in [0.29, 0.717) is 11.1 Å². The van der Waals surface area contributed by atoms with Gasteiger partial charge in [-0.2, -0.15) is 10.5 Å². The molecule has 8 aromatic carbocycles. The molecule has 0 radical (unpaired) electrons. The van der Waals surface area contributed by atoms with Crippen molar-refractivity contribution in [1.29, 1.82) is 10.5 Å². The molecule has 254 valence electrons. The van der Waals surface area contributed by atoms with Crippen LogP contribution in [0.5, 0.6) is 0 Å². The Morgan fingerprint density at radius 3 is 1.47 bits per heavy atom. The van der Waals surface area contributed by atoms with Crippen molar-refractivity contribution in [2.45, 2.75) is 0 Å². The number of hydrogen-bond donors (Lipinski definition) is 0. The van der Waals surface area contributed by atoms with Crippen LogP contribution in [0.2, 0.25) is 0 Å². The molecule has 0 amide bonds. The van der Waals surface area contributed by atoms with E-state index in [0.717, 1.165) is 82.8 Å². The Balaban J connectivity index is 1.24. The molecule has 5 heteroatoms. The molecule has 0 fully saturated rings. The van der Waals surface area contributed by atoms with Gasteiger partial charge in [0.2, 0.25) is 0 Å². The van der Waals surface area contributed by atoms with E-state index in [1.54, 1.807) is 0 Å². The molecule has 0 aliphatic heterocycles. The van der Waals surface area contributed by atoms with Crippen molar-refractivity contribution in [1.82, 2.24) is 13.7 Å². The van der Waals surface area contributed by atoms with E-state index in [1.807, 2.05) is 48.5 Å². The number of benzene rings is 8. The number of aromatic nitrogens is 3. The minimum Gasteiger partial charge on any atom is -0.309 e. The molecule has 11 aromatic rings. The van der Waals surface area contributed by atoms with E-state index >= 15 is 0 Å². The monoisotopic (exact) mass is 699 g/mol. The average molecular weight is 700 g/mol.